The fourth-order valence-corrected chi connectivity index (χ4v) is 4.65. The Morgan fingerprint density at radius 2 is 1.24 bits per heavy atom. The fraction of sp³-hybridized carbons (Fsp3) is 0.222. The molecule has 3 N–H and O–H groups in total. The minimum Gasteiger partial charge on any atom is -0.389 e. The molecule has 1 aliphatic carbocycles. The first-order valence-corrected chi connectivity index (χ1v) is 10.9. The van der Waals surface area contributed by atoms with Crippen molar-refractivity contribution < 1.29 is 19.5 Å². The Kier molecular flexibility index (Phi) is 6.38. The van der Waals surface area contributed by atoms with E-state index in [0.717, 1.165) is 0 Å². The molecule has 0 heterocycles. The highest BCUT2D eigenvalue weighted by molar-refractivity contribution is 6.10. The van der Waals surface area contributed by atoms with Crippen LogP contribution in [0.5, 0.6) is 0 Å². The first kappa shape index (κ1) is 22.4. The molecule has 4 rings (SSSR count). The molecule has 0 saturated heterocycles. The molecule has 6 nitrogen and oxygen atoms in total. The van der Waals surface area contributed by atoms with E-state index in [4.69, 9.17) is 0 Å². The Bertz CT molecular complexity index is 1130. The lowest BCUT2D eigenvalue weighted by molar-refractivity contribution is -0.150. The number of hydrogen-bond donors (Lipinski definition) is 3. The molecular formula is C27H26N2O4. The van der Waals surface area contributed by atoms with Crippen molar-refractivity contribution in [2.45, 2.75) is 24.9 Å². The van der Waals surface area contributed by atoms with Crippen molar-refractivity contribution >= 4 is 29.0 Å². The number of para-hydroxylation sites is 2. The summed E-state index contributed by atoms with van der Waals surface area (Å²) >= 11 is 0. The highest BCUT2D eigenvalue weighted by Gasteiger charge is 2.55. The Morgan fingerprint density at radius 1 is 0.788 bits per heavy atom. The summed E-state index contributed by atoms with van der Waals surface area (Å²) in [6.45, 7) is 1.49. The third-order valence-electron chi connectivity index (χ3n) is 6.10. The van der Waals surface area contributed by atoms with Crippen LogP contribution < -0.4 is 10.6 Å². The summed E-state index contributed by atoms with van der Waals surface area (Å²) in [6.07, 6.45) is -0.296. The van der Waals surface area contributed by atoms with Gasteiger partial charge in [-0.2, -0.15) is 0 Å². The maximum absolute atomic E-state index is 13.5. The van der Waals surface area contributed by atoms with Gasteiger partial charge in [-0.05, 0) is 36.8 Å². The van der Waals surface area contributed by atoms with E-state index in [1.807, 2.05) is 18.2 Å². The number of carbonyl (C=O) groups excluding carboxylic acids is 3. The zero-order valence-corrected chi connectivity index (χ0v) is 18.3. The summed E-state index contributed by atoms with van der Waals surface area (Å²) in [5, 5.41) is 16.9. The van der Waals surface area contributed by atoms with Gasteiger partial charge < -0.3 is 15.7 Å². The smallest absolute Gasteiger partial charge is 0.235 e. The van der Waals surface area contributed by atoms with Crippen LogP contribution in [0.15, 0.2) is 91.0 Å². The topological polar surface area (TPSA) is 95.5 Å². The molecule has 2 amide bonds. The number of hydrogen-bond acceptors (Lipinski definition) is 4. The maximum atomic E-state index is 13.5. The number of aliphatic hydroxyl groups is 1. The normalized spacial score (nSPS) is 24.7. The first-order valence-electron chi connectivity index (χ1n) is 10.9. The minimum absolute atomic E-state index is 0.296. The van der Waals surface area contributed by atoms with Gasteiger partial charge in [-0.15, -0.1) is 0 Å². The highest BCUT2D eigenvalue weighted by atomic mass is 16.3. The van der Waals surface area contributed by atoms with Gasteiger partial charge in [0.05, 0.1) is 11.5 Å². The molecule has 1 aliphatic rings. The van der Waals surface area contributed by atoms with Crippen molar-refractivity contribution in [3.05, 3.63) is 96.6 Å². The number of rotatable bonds is 5. The number of Topliss-reactive ketones (excluding diaryl/α,β-unsaturated/α-hetero) is 1. The second-order valence-corrected chi connectivity index (χ2v) is 8.60. The molecule has 0 spiro atoms. The standard InChI is InChI=1S/C27H26N2O4/c1-27(33)17-21(30)23(25(31)28-19-13-7-3-8-14-19)22(18-11-5-2-6-12-18)24(27)26(32)29-20-15-9-4-10-16-20/h2-16,22-24,33H,17H2,1H3,(H,28,31)(H,29,32). The lowest BCUT2D eigenvalue weighted by Crippen LogP contribution is -2.56. The van der Waals surface area contributed by atoms with Gasteiger partial charge in [0.25, 0.3) is 0 Å². The van der Waals surface area contributed by atoms with Crippen LogP contribution >= 0.6 is 0 Å². The molecule has 0 radical (unpaired) electrons. The quantitative estimate of drug-likeness (QED) is 0.521. The molecule has 3 aromatic rings. The highest BCUT2D eigenvalue weighted by Crippen LogP contribution is 2.46. The number of anilines is 2. The lowest BCUT2D eigenvalue weighted by atomic mass is 9.61. The average molecular weight is 443 g/mol. The van der Waals surface area contributed by atoms with Crippen LogP contribution in [0.3, 0.4) is 0 Å². The van der Waals surface area contributed by atoms with Gasteiger partial charge in [-0.3, -0.25) is 14.4 Å². The zero-order chi connectivity index (χ0) is 23.4. The summed E-state index contributed by atoms with van der Waals surface area (Å²) < 4.78 is 0. The van der Waals surface area contributed by atoms with Crippen LogP contribution in [0.25, 0.3) is 0 Å². The van der Waals surface area contributed by atoms with E-state index in [9.17, 15) is 19.5 Å². The Hall–Kier alpha value is -3.77. The maximum Gasteiger partial charge on any atom is 0.235 e. The van der Waals surface area contributed by atoms with Gasteiger partial charge in [0.1, 0.15) is 11.7 Å². The predicted molar refractivity (Wildman–Crippen MR) is 127 cm³/mol. The predicted octanol–water partition coefficient (Wildman–Crippen LogP) is 4.00. The van der Waals surface area contributed by atoms with Crippen molar-refractivity contribution in [2.75, 3.05) is 10.6 Å². The number of amides is 2. The third-order valence-corrected chi connectivity index (χ3v) is 6.10. The number of carbonyl (C=O) groups is 3. The molecule has 4 unspecified atom stereocenters. The van der Waals surface area contributed by atoms with Gasteiger partial charge in [0.15, 0.2) is 0 Å². The van der Waals surface area contributed by atoms with Gasteiger partial charge >= 0.3 is 0 Å². The van der Waals surface area contributed by atoms with Crippen molar-refractivity contribution in [1.29, 1.82) is 0 Å². The van der Waals surface area contributed by atoms with E-state index in [-0.39, 0.29) is 6.42 Å². The molecule has 6 heteroatoms. The van der Waals surface area contributed by atoms with Crippen LogP contribution in [0.2, 0.25) is 0 Å². The lowest BCUT2D eigenvalue weighted by Gasteiger charge is -2.44. The summed E-state index contributed by atoms with van der Waals surface area (Å²) in [5.41, 5.74) is 0.157. The summed E-state index contributed by atoms with van der Waals surface area (Å²) in [7, 11) is 0. The minimum atomic E-state index is -1.63. The SMILES string of the molecule is CC1(O)CC(=O)C(C(=O)Nc2ccccc2)C(c2ccccc2)C1C(=O)Nc1ccccc1. The molecule has 0 aliphatic heterocycles. The van der Waals surface area contributed by atoms with Gasteiger partial charge in [0, 0.05) is 23.7 Å². The number of ketones is 1. The van der Waals surface area contributed by atoms with Crippen LogP contribution in [0.4, 0.5) is 11.4 Å². The van der Waals surface area contributed by atoms with Crippen LogP contribution in [-0.2, 0) is 14.4 Å². The van der Waals surface area contributed by atoms with Crippen molar-refractivity contribution in [3.63, 3.8) is 0 Å². The molecule has 33 heavy (non-hydrogen) atoms. The van der Waals surface area contributed by atoms with Crippen molar-refractivity contribution in [3.8, 4) is 0 Å². The van der Waals surface area contributed by atoms with E-state index < -0.39 is 41.0 Å². The Morgan fingerprint density at radius 3 is 1.76 bits per heavy atom. The second-order valence-electron chi connectivity index (χ2n) is 8.60. The van der Waals surface area contributed by atoms with Crippen LogP contribution in [0.1, 0.15) is 24.8 Å². The van der Waals surface area contributed by atoms with E-state index in [1.54, 1.807) is 72.8 Å². The molecule has 168 valence electrons. The summed E-state index contributed by atoms with van der Waals surface area (Å²) in [4.78, 5) is 40.0. The van der Waals surface area contributed by atoms with Gasteiger partial charge in [-0.25, -0.2) is 0 Å². The number of benzene rings is 3. The molecule has 0 bridgehead atoms. The van der Waals surface area contributed by atoms with Crippen LogP contribution in [0, 0.1) is 11.8 Å². The molecule has 1 saturated carbocycles. The summed E-state index contributed by atoms with van der Waals surface area (Å²) in [6, 6.07) is 26.8. The molecule has 1 fully saturated rings. The van der Waals surface area contributed by atoms with Crippen molar-refractivity contribution in [2.24, 2.45) is 11.8 Å². The van der Waals surface area contributed by atoms with E-state index >= 15 is 0 Å². The number of nitrogens with one attached hydrogen (secondary N) is 2. The second kappa shape index (κ2) is 9.38. The van der Waals surface area contributed by atoms with Crippen molar-refractivity contribution in [1.82, 2.24) is 0 Å². The largest absolute Gasteiger partial charge is 0.389 e. The first-order chi connectivity index (χ1) is 15.9. The third kappa shape index (κ3) is 4.86. The Balaban J connectivity index is 1.74. The van der Waals surface area contributed by atoms with Crippen LogP contribution in [-0.4, -0.2) is 28.3 Å². The average Bonchev–Trinajstić information content (AvgIpc) is 2.79. The monoisotopic (exact) mass is 442 g/mol. The summed E-state index contributed by atoms with van der Waals surface area (Å²) in [5.74, 6) is -4.32. The molecule has 3 aromatic carbocycles. The van der Waals surface area contributed by atoms with Gasteiger partial charge in [0.2, 0.25) is 11.8 Å². The van der Waals surface area contributed by atoms with E-state index in [1.165, 1.54) is 6.92 Å². The van der Waals surface area contributed by atoms with E-state index in [0.29, 0.717) is 16.9 Å². The van der Waals surface area contributed by atoms with E-state index in [2.05, 4.69) is 10.6 Å². The molecular weight excluding hydrogens is 416 g/mol. The fourth-order valence-electron chi connectivity index (χ4n) is 4.65. The molecule has 0 aromatic heterocycles. The van der Waals surface area contributed by atoms with Gasteiger partial charge in [-0.1, -0.05) is 66.7 Å². The molecule has 4 atom stereocenters. The Labute approximate surface area is 192 Å². The zero-order valence-electron chi connectivity index (χ0n) is 18.3.